The van der Waals surface area contributed by atoms with Crippen LogP contribution in [0.3, 0.4) is 0 Å². The van der Waals surface area contributed by atoms with Gasteiger partial charge in [-0.25, -0.2) is 8.42 Å². The Balaban J connectivity index is 2.44. The van der Waals surface area contributed by atoms with Crippen LogP contribution >= 0.6 is 0 Å². The molecule has 4 heteroatoms. The summed E-state index contributed by atoms with van der Waals surface area (Å²) in [5.74, 6) is 1.92. The van der Waals surface area contributed by atoms with Crippen molar-refractivity contribution in [3.05, 3.63) is 0 Å². The third-order valence-electron chi connectivity index (χ3n) is 4.88. The maximum absolute atomic E-state index is 11.4. The van der Waals surface area contributed by atoms with Crippen molar-refractivity contribution in [1.29, 1.82) is 0 Å². The Hall–Kier alpha value is -0.0900. The number of hydrogen-bond donors (Lipinski definition) is 1. The lowest BCUT2D eigenvalue weighted by Crippen LogP contribution is -2.39. The van der Waals surface area contributed by atoms with E-state index in [0.717, 1.165) is 25.3 Å². The summed E-state index contributed by atoms with van der Waals surface area (Å²) in [5.41, 5.74) is 0. The zero-order valence-electron chi connectivity index (χ0n) is 14.2. The number of sulfone groups is 1. The van der Waals surface area contributed by atoms with E-state index in [1.54, 1.807) is 0 Å². The van der Waals surface area contributed by atoms with Crippen LogP contribution in [0.25, 0.3) is 0 Å². The van der Waals surface area contributed by atoms with Gasteiger partial charge in [0.05, 0.1) is 5.75 Å². The highest BCUT2D eigenvalue weighted by Crippen LogP contribution is 2.34. The quantitative estimate of drug-likeness (QED) is 0.667. The normalized spacial score (nSPS) is 24.9. The second kappa shape index (κ2) is 9.83. The third kappa shape index (κ3) is 8.20. The van der Waals surface area contributed by atoms with E-state index in [1.165, 1.54) is 51.2 Å². The Morgan fingerprint density at radius 2 is 1.76 bits per heavy atom. The second-order valence-corrected chi connectivity index (χ2v) is 9.16. The topological polar surface area (TPSA) is 46.2 Å². The number of nitrogens with one attached hydrogen (secondary N) is 1. The molecule has 0 radical (unpaired) electrons. The van der Waals surface area contributed by atoms with Crippen molar-refractivity contribution in [3.63, 3.8) is 0 Å². The summed E-state index contributed by atoms with van der Waals surface area (Å²) in [5, 5.41) is 3.61. The van der Waals surface area contributed by atoms with Gasteiger partial charge in [-0.05, 0) is 44.1 Å². The molecule has 1 rings (SSSR count). The van der Waals surface area contributed by atoms with Gasteiger partial charge in [0.1, 0.15) is 9.84 Å². The van der Waals surface area contributed by atoms with E-state index >= 15 is 0 Å². The molecule has 1 N–H and O–H groups in total. The van der Waals surface area contributed by atoms with E-state index in [-0.39, 0.29) is 0 Å². The van der Waals surface area contributed by atoms with Gasteiger partial charge in [0, 0.05) is 12.3 Å². The Bertz CT molecular complexity index is 359. The first-order valence-electron chi connectivity index (χ1n) is 8.87. The highest BCUT2D eigenvalue weighted by atomic mass is 32.2. The lowest BCUT2D eigenvalue weighted by atomic mass is 9.76. The zero-order valence-corrected chi connectivity index (χ0v) is 15.1. The van der Waals surface area contributed by atoms with Crippen molar-refractivity contribution in [2.45, 2.75) is 77.7 Å². The van der Waals surface area contributed by atoms with Gasteiger partial charge >= 0.3 is 0 Å². The van der Waals surface area contributed by atoms with Gasteiger partial charge in [-0.3, -0.25) is 0 Å². The first-order chi connectivity index (χ1) is 9.96. The van der Waals surface area contributed by atoms with Gasteiger partial charge in [-0.15, -0.1) is 0 Å². The fraction of sp³-hybridized carbons (Fsp3) is 1.00. The van der Waals surface area contributed by atoms with Crippen LogP contribution in [0.1, 0.15) is 71.6 Å². The van der Waals surface area contributed by atoms with Crippen LogP contribution in [0, 0.1) is 11.8 Å². The largest absolute Gasteiger partial charge is 0.314 e. The predicted octanol–water partition coefficient (Wildman–Crippen LogP) is 3.79. The fourth-order valence-electron chi connectivity index (χ4n) is 3.55. The molecule has 0 aromatic carbocycles. The summed E-state index contributed by atoms with van der Waals surface area (Å²) < 4.78 is 22.9. The second-order valence-electron chi connectivity index (χ2n) is 6.90. The van der Waals surface area contributed by atoms with E-state index in [9.17, 15) is 8.42 Å². The summed E-state index contributed by atoms with van der Waals surface area (Å²) in [6, 6.07) is 0.395. The standard InChI is InChI=1S/C17H35NO2S/c1-4-6-7-15-8-10-16(11-9-15)17(18-13-5-2)12-14-21(3,19)20/h15-18H,4-14H2,1-3H3. The molecule has 1 saturated carbocycles. The van der Waals surface area contributed by atoms with Gasteiger partial charge in [-0.1, -0.05) is 46.0 Å². The van der Waals surface area contributed by atoms with Crippen molar-refractivity contribution < 1.29 is 8.42 Å². The molecule has 0 saturated heterocycles. The molecule has 1 aliphatic carbocycles. The third-order valence-corrected chi connectivity index (χ3v) is 5.86. The predicted molar refractivity (Wildman–Crippen MR) is 91.4 cm³/mol. The van der Waals surface area contributed by atoms with E-state index in [1.807, 2.05) is 0 Å². The van der Waals surface area contributed by atoms with Crippen molar-refractivity contribution in [3.8, 4) is 0 Å². The van der Waals surface area contributed by atoms with Crippen molar-refractivity contribution >= 4 is 9.84 Å². The van der Waals surface area contributed by atoms with Crippen LogP contribution in [0.15, 0.2) is 0 Å². The van der Waals surface area contributed by atoms with Crippen LogP contribution in [0.5, 0.6) is 0 Å². The minimum absolute atomic E-state index is 0.324. The van der Waals surface area contributed by atoms with E-state index < -0.39 is 9.84 Å². The maximum Gasteiger partial charge on any atom is 0.147 e. The lowest BCUT2D eigenvalue weighted by molar-refractivity contribution is 0.209. The van der Waals surface area contributed by atoms with Gasteiger partial charge in [0.25, 0.3) is 0 Å². The molecule has 0 aromatic heterocycles. The highest BCUT2D eigenvalue weighted by molar-refractivity contribution is 7.90. The van der Waals surface area contributed by atoms with Crippen molar-refractivity contribution in [2.24, 2.45) is 11.8 Å². The van der Waals surface area contributed by atoms with Gasteiger partial charge in [0.15, 0.2) is 0 Å². The summed E-state index contributed by atoms with van der Waals surface area (Å²) in [7, 11) is -2.85. The Labute approximate surface area is 132 Å². The Morgan fingerprint density at radius 3 is 2.29 bits per heavy atom. The molecule has 1 aliphatic rings. The summed E-state index contributed by atoms with van der Waals surface area (Å²) in [6.07, 6.45) is 12.5. The SMILES string of the molecule is CCCCC1CCC(C(CCS(C)(=O)=O)NCCC)CC1. The first kappa shape index (κ1) is 19.0. The summed E-state index contributed by atoms with van der Waals surface area (Å²) >= 11 is 0. The summed E-state index contributed by atoms with van der Waals surface area (Å²) in [4.78, 5) is 0. The molecule has 0 amide bonds. The minimum atomic E-state index is -2.85. The molecule has 1 unspecified atom stereocenters. The average molecular weight is 318 g/mol. The molecule has 0 bridgehead atoms. The Kier molecular flexibility index (Phi) is 8.88. The van der Waals surface area contributed by atoms with E-state index in [4.69, 9.17) is 0 Å². The molecule has 1 fully saturated rings. The van der Waals surface area contributed by atoms with E-state index in [0.29, 0.717) is 17.7 Å². The fourth-order valence-corrected chi connectivity index (χ4v) is 4.23. The van der Waals surface area contributed by atoms with Gasteiger partial charge in [0.2, 0.25) is 0 Å². The number of rotatable bonds is 10. The average Bonchev–Trinajstić information content (AvgIpc) is 2.45. The molecule has 0 aromatic rings. The van der Waals surface area contributed by atoms with Crippen molar-refractivity contribution in [1.82, 2.24) is 5.32 Å². The minimum Gasteiger partial charge on any atom is -0.314 e. The van der Waals surface area contributed by atoms with Crippen LogP contribution < -0.4 is 5.32 Å². The summed E-state index contributed by atoms with van der Waals surface area (Å²) in [6.45, 7) is 5.44. The first-order valence-corrected chi connectivity index (χ1v) is 10.9. The molecule has 3 nitrogen and oxygen atoms in total. The molecule has 0 spiro atoms. The maximum atomic E-state index is 11.4. The molecule has 21 heavy (non-hydrogen) atoms. The Morgan fingerprint density at radius 1 is 1.10 bits per heavy atom. The monoisotopic (exact) mass is 317 g/mol. The lowest BCUT2D eigenvalue weighted by Gasteiger charge is -2.34. The van der Waals surface area contributed by atoms with Crippen LogP contribution in [0.2, 0.25) is 0 Å². The van der Waals surface area contributed by atoms with Crippen LogP contribution in [-0.4, -0.2) is 33.0 Å². The van der Waals surface area contributed by atoms with Crippen LogP contribution in [0.4, 0.5) is 0 Å². The van der Waals surface area contributed by atoms with E-state index in [2.05, 4.69) is 19.2 Å². The number of unbranched alkanes of at least 4 members (excludes halogenated alkanes) is 1. The molecule has 0 aliphatic heterocycles. The number of hydrogen-bond acceptors (Lipinski definition) is 3. The highest BCUT2D eigenvalue weighted by Gasteiger charge is 2.27. The molecule has 1 atom stereocenters. The van der Waals surface area contributed by atoms with Crippen LogP contribution in [-0.2, 0) is 9.84 Å². The molecular formula is C17H35NO2S. The van der Waals surface area contributed by atoms with Gasteiger partial charge in [-0.2, -0.15) is 0 Å². The van der Waals surface area contributed by atoms with Gasteiger partial charge < -0.3 is 5.32 Å². The molecule has 126 valence electrons. The smallest absolute Gasteiger partial charge is 0.147 e. The molecular weight excluding hydrogens is 282 g/mol. The molecule has 0 heterocycles. The van der Waals surface area contributed by atoms with Crippen molar-refractivity contribution in [2.75, 3.05) is 18.6 Å². The zero-order chi connectivity index (χ0) is 15.7.